The van der Waals surface area contributed by atoms with Gasteiger partial charge in [-0.2, -0.15) is 0 Å². The van der Waals surface area contributed by atoms with Crippen LogP contribution in [0.1, 0.15) is 24.4 Å². The fraction of sp³-hybridized carbons (Fsp3) is 0.273. The fourth-order valence-electron chi connectivity index (χ4n) is 1.59. The number of nitro groups is 1. The molecule has 1 unspecified atom stereocenters. The minimum atomic E-state index is -0.441. The summed E-state index contributed by atoms with van der Waals surface area (Å²) in [7, 11) is 0. The van der Waals surface area contributed by atoms with Crippen molar-refractivity contribution in [3.8, 4) is 0 Å². The highest BCUT2D eigenvalue weighted by atomic mass is 32.1. The van der Waals surface area contributed by atoms with Gasteiger partial charge in [0.15, 0.2) is 0 Å². The van der Waals surface area contributed by atoms with Gasteiger partial charge in [0.05, 0.1) is 11.0 Å². The summed E-state index contributed by atoms with van der Waals surface area (Å²) in [5.74, 6) is 0. The Kier molecular flexibility index (Phi) is 3.83. The second kappa shape index (κ2) is 5.54. The first-order valence-electron chi connectivity index (χ1n) is 5.46. The van der Waals surface area contributed by atoms with E-state index in [0.29, 0.717) is 5.69 Å². The van der Waals surface area contributed by atoms with Crippen LogP contribution in [0.25, 0.3) is 0 Å². The van der Waals surface area contributed by atoms with Crippen LogP contribution in [-0.2, 0) is 0 Å². The first-order chi connectivity index (χ1) is 8.72. The maximum Gasteiger partial charge on any atom is 0.310 e. The van der Waals surface area contributed by atoms with E-state index in [0.717, 1.165) is 11.4 Å². The molecule has 18 heavy (non-hydrogen) atoms. The smallest absolute Gasteiger partial charge is 0.310 e. The van der Waals surface area contributed by atoms with E-state index < -0.39 is 4.92 Å². The Balaban J connectivity index is 2.25. The van der Waals surface area contributed by atoms with Crippen LogP contribution in [0.2, 0.25) is 0 Å². The molecule has 1 N–H and O–H groups in total. The Hall–Kier alpha value is -2.02. The van der Waals surface area contributed by atoms with Crippen molar-refractivity contribution in [3.63, 3.8) is 0 Å². The lowest BCUT2D eigenvalue weighted by Crippen LogP contribution is -2.10. The number of rotatable bonds is 5. The summed E-state index contributed by atoms with van der Waals surface area (Å²) in [6, 6.07) is 1.58. The third-order valence-electron chi connectivity index (χ3n) is 2.48. The van der Waals surface area contributed by atoms with Crippen LogP contribution in [0, 0.1) is 10.1 Å². The Labute approximate surface area is 108 Å². The van der Waals surface area contributed by atoms with Gasteiger partial charge < -0.3 is 5.32 Å². The third kappa shape index (κ3) is 2.62. The van der Waals surface area contributed by atoms with Crippen LogP contribution < -0.4 is 5.32 Å². The highest BCUT2D eigenvalue weighted by Crippen LogP contribution is 2.29. The number of hydrogen-bond donors (Lipinski definition) is 1. The van der Waals surface area contributed by atoms with Crippen LogP contribution in [0.4, 0.5) is 11.4 Å². The molecule has 94 valence electrons. The summed E-state index contributed by atoms with van der Waals surface area (Å²) in [6.45, 7) is 2.01. The van der Waals surface area contributed by atoms with Gasteiger partial charge in [0.1, 0.15) is 16.9 Å². The van der Waals surface area contributed by atoms with Gasteiger partial charge in [-0.3, -0.25) is 15.1 Å². The first-order valence-corrected chi connectivity index (χ1v) is 6.34. The predicted octanol–water partition coefficient (Wildman–Crippen LogP) is 3.01. The van der Waals surface area contributed by atoms with Crippen LogP contribution in [-0.4, -0.2) is 14.9 Å². The minimum Gasteiger partial charge on any atom is -0.370 e. The number of hydrogen-bond acceptors (Lipinski definition) is 6. The minimum absolute atomic E-state index is 0.0208. The standard InChI is InChI=1S/C11H12N4O2S/c1-2-8(11-13-5-6-18-11)14-9-3-4-12-7-10(9)15(16)17/h3-8H,2H2,1H3,(H,12,14). The molecule has 0 aliphatic heterocycles. The maximum absolute atomic E-state index is 10.9. The van der Waals surface area contributed by atoms with Gasteiger partial charge >= 0.3 is 5.69 Å². The molecule has 2 aromatic heterocycles. The molecule has 0 radical (unpaired) electrons. The molecule has 6 nitrogen and oxygen atoms in total. The zero-order chi connectivity index (χ0) is 13.0. The van der Waals surface area contributed by atoms with Crippen LogP contribution >= 0.6 is 11.3 Å². The maximum atomic E-state index is 10.9. The molecule has 0 saturated heterocycles. The first kappa shape index (κ1) is 12.4. The highest BCUT2D eigenvalue weighted by Gasteiger charge is 2.18. The lowest BCUT2D eigenvalue weighted by atomic mass is 10.2. The molecule has 0 aliphatic carbocycles. The number of aromatic nitrogens is 2. The Morgan fingerprint density at radius 3 is 3.00 bits per heavy atom. The van der Waals surface area contributed by atoms with E-state index >= 15 is 0 Å². The predicted molar refractivity (Wildman–Crippen MR) is 69.7 cm³/mol. The average molecular weight is 264 g/mol. The monoisotopic (exact) mass is 264 g/mol. The molecule has 1 atom stereocenters. The molecule has 0 aromatic carbocycles. The summed E-state index contributed by atoms with van der Waals surface area (Å²) < 4.78 is 0. The van der Waals surface area contributed by atoms with E-state index in [1.54, 1.807) is 12.3 Å². The van der Waals surface area contributed by atoms with Crippen molar-refractivity contribution < 1.29 is 4.92 Å². The largest absolute Gasteiger partial charge is 0.370 e. The third-order valence-corrected chi connectivity index (χ3v) is 3.37. The van der Waals surface area contributed by atoms with Gasteiger partial charge in [0.25, 0.3) is 0 Å². The molecule has 0 saturated carbocycles. The molecule has 2 heterocycles. The summed E-state index contributed by atoms with van der Waals surface area (Å²) in [4.78, 5) is 18.4. The summed E-state index contributed by atoms with van der Waals surface area (Å²) >= 11 is 1.53. The average Bonchev–Trinajstić information content (AvgIpc) is 2.90. The topological polar surface area (TPSA) is 81.0 Å². The van der Waals surface area contributed by atoms with Crippen molar-refractivity contribution >= 4 is 22.7 Å². The number of nitrogens with one attached hydrogen (secondary N) is 1. The van der Waals surface area contributed by atoms with E-state index in [1.165, 1.54) is 23.7 Å². The van der Waals surface area contributed by atoms with Crippen LogP contribution in [0.3, 0.4) is 0 Å². The van der Waals surface area contributed by atoms with Crippen LogP contribution in [0.5, 0.6) is 0 Å². The number of anilines is 1. The fourth-order valence-corrected chi connectivity index (χ4v) is 2.36. The number of pyridine rings is 1. The van der Waals surface area contributed by atoms with Crippen molar-refractivity contribution in [2.24, 2.45) is 0 Å². The normalized spacial score (nSPS) is 12.1. The van der Waals surface area contributed by atoms with Gasteiger partial charge in [0, 0.05) is 17.8 Å². The zero-order valence-corrected chi connectivity index (χ0v) is 10.6. The van der Waals surface area contributed by atoms with Gasteiger partial charge in [-0.1, -0.05) is 6.92 Å². The van der Waals surface area contributed by atoms with Gasteiger partial charge in [-0.05, 0) is 12.5 Å². The van der Waals surface area contributed by atoms with E-state index in [4.69, 9.17) is 0 Å². The van der Waals surface area contributed by atoms with Crippen molar-refractivity contribution in [2.75, 3.05) is 5.32 Å². The Morgan fingerprint density at radius 2 is 2.39 bits per heavy atom. The quantitative estimate of drug-likeness (QED) is 0.663. The summed E-state index contributed by atoms with van der Waals surface area (Å²) in [5, 5.41) is 16.8. The number of nitrogens with zero attached hydrogens (tertiary/aromatic N) is 3. The van der Waals surface area contributed by atoms with Crippen molar-refractivity contribution in [3.05, 3.63) is 45.2 Å². The molecule has 2 rings (SSSR count). The van der Waals surface area contributed by atoms with E-state index in [-0.39, 0.29) is 11.7 Å². The second-order valence-electron chi connectivity index (χ2n) is 3.63. The van der Waals surface area contributed by atoms with Crippen molar-refractivity contribution in [1.29, 1.82) is 0 Å². The van der Waals surface area contributed by atoms with Crippen molar-refractivity contribution in [1.82, 2.24) is 9.97 Å². The summed E-state index contributed by atoms with van der Waals surface area (Å²) in [6.07, 6.45) is 5.30. The molecular weight excluding hydrogens is 252 g/mol. The van der Waals surface area contributed by atoms with Gasteiger partial charge in [-0.25, -0.2) is 4.98 Å². The van der Waals surface area contributed by atoms with Crippen LogP contribution in [0.15, 0.2) is 30.0 Å². The second-order valence-corrected chi connectivity index (χ2v) is 4.55. The van der Waals surface area contributed by atoms with Gasteiger partial charge in [0.2, 0.25) is 0 Å². The van der Waals surface area contributed by atoms with E-state index in [9.17, 15) is 10.1 Å². The van der Waals surface area contributed by atoms with Crippen molar-refractivity contribution in [2.45, 2.75) is 19.4 Å². The molecule has 0 fully saturated rings. The lowest BCUT2D eigenvalue weighted by molar-refractivity contribution is -0.384. The summed E-state index contributed by atoms with van der Waals surface area (Å²) in [5.41, 5.74) is 0.449. The molecule has 7 heteroatoms. The Morgan fingerprint density at radius 1 is 1.56 bits per heavy atom. The lowest BCUT2D eigenvalue weighted by Gasteiger charge is -2.15. The zero-order valence-electron chi connectivity index (χ0n) is 9.74. The SMILES string of the molecule is CCC(Nc1ccncc1[N+](=O)[O-])c1nccs1. The number of thiazole rings is 1. The molecule has 0 aliphatic rings. The van der Waals surface area contributed by atoms with Gasteiger partial charge in [-0.15, -0.1) is 11.3 Å². The van der Waals surface area contributed by atoms with E-state index in [2.05, 4.69) is 15.3 Å². The highest BCUT2D eigenvalue weighted by molar-refractivity contribution is 7.09. The molecule has 2 aromatic rings. The molecule has 0 bridgehead atoms. The molecular formula is C11H12N4O2S. The van der Waals surface area contributed by atoms with E-state index in [1.807, 2.05) is 12.3 Å². The molecule has 0 amide bonds. The Bertz CT molecular complexity index is 530. The molecule has 0 spiro atoms.